The first-order chi connectivity index (χ1) is 9.67. The summed E-state index contributed by atoms with van der Waals surface area (Å²) in [5.74, 6) is 0.702. The summed E-state index contributed by atoms with van der Waals surface area (Å²) < 4.78 is 0. The first kappa shape index (κ1) is 17.1. The number of unbranched alkanes of at least 4 members (excludes halogenated alkanes) is 5. The second kappa shape index (κ2) is 9.90. The van der Waals surface area contributed by atoms with E-state index in [1.54, 1.807) is 0 Å². The highest BCUT2D eigenvalue weighted by atomic mass is 14.8. The summed E-state index contributed by atoms with van der Waals surface area (Å²) in [5.41, 5.74) is 3.50. The molecule has 2 heteroatoms. The summed E-state index contributed by atoms with van der Waals surface area (Å²) in [6.45, 7) is 8.89. The Morgan fingerprint density at radius 3 is 2.40 bits per heavy atom. The maximum Gasteiger partial charge on any atom is 0.0616 e. The van der Waals surface area contributed by atoms with E-state index in [4.69, 9.17) is 4.98 Å². The Balaban J connectivity index is 2.36. The van der Waals surface area contributed by atoms with E-state index in [0.29, 0.717) is 5.92 Å². The largest absolute Gasteiger partial charge is 0.258 e. The molecule has 0 spiro atoms. The quantitative estimate of drug-likeness (QED) is 0.544. The summed E-state index contributed by atoms with van der Waals surface area (Å²) in [4.78, 5) is 9.36. The van der Waals surface area contributed by atoms with Crippen LogP contribution in [-0.2, 0) is 12.8 Å². The molecule has 0 aromatic carbocycles. The van der Waals surface area contributed by atoms with Crippen LogP contribution in [0.2, 0.25) is 0 Å². The highest BCUT2D eigenvalue weighted by Crippen LogP contribution is 2.13. The molecule has 0 bridgehead atoms. The monoisotopic (exact) mass is 276 g/mol. The van der Waals surface area contributed by atoms with Gasteiger partial charge in [-0.05, 0) is 32.1 Å². The van der Waals surface area contributed by atoms with Gasteiger partial charge in [0.25, 0.3) is 0 Å². The van der Waals surface area contributed by atoms with Gasteiger partial charge >= 0.3 is 0 Å². The van der Waals surface area contributed by atoms with E-state index in [9.17, 15) is 0 Å². The Hall–Kier alpha value is -0.920. The average molecular weight is 276 g/mol. The molecule has 0 saturated heterocycles. The van der Waals surface area contributed by atoms with Gasteiger partial charge in [0.1, 0.15) is 0 Å². The van der Waals surface area contributed by atoms with E-state index in [1.807, 2.05) is 6.20 Å². The molecule has 0 radical (unpaired) electrons. The summed E-state index contributed by atoms with van der Waals surface area (Å²) in [6.07, 6.45) is 13.4. The van der Waals surface area contributed by atoms with Crippen molar-refractivity contribution in [2.75, 3.05) is 0 Å². The van der Waals surface area contributed by atoms with Crippen LogP contribution < -0.4 is 0 Å². The van der Waals surface area contributed by atoms with Gasteiger partial charge in [0, 0.05) is 6.20 Å². The van der Waals surface area contributed by atoms with Crippen LogP contribution in [-0.4, -0.2) is 9.97 Å². The van der Waals surface area contributed by atoms with Crippen molar-refractivity contribution in [2.45, 2.75) is 85.5 Å². The molecular weight excluding hydrogens is 244 g/mol. The van der Waals surface area contributed by atoms with E-state index >= 15 is 0 Å². The van der Waals surface area contributed by atoms with E-state index in [2.05, 4.69) is 32.7 Å². The van der Waals surface area contributed by atoms with E-state index in [-0.39, 0.29) is 0 Å². The molecule has 2 nitrogen and oxygen atoms in total. The van der Waals surface area contributed by atoms with Gasteiger partial charge < -0.3 is 0 Å². The molecule has 1 rings (SSSR count). The van der Waals surface area contributed by atoms with Gasteiger partial charge in [-0.2, -0.15) is 0 Å². The second-order valence-electron chi connectivity index (χ2n) is 6.13. The van der Waals surface area contributed by atoms with Crippen LogP contribution >= 0.6 is 0 Å². The fourth-order valence-electron chi connectivity index (χ4n) is 2.47. The molecule has 1 heterocycles. The summed E-state index contributed by atoms with van der Waals surface area (Å²) >= 11 is 0. The third-order valence-corrected chi connectivity index (χ3v) is 4.12. The molecule has 1 unspecified atom stereocenters. The fourth-order valence-corrected chi connectivity index (χ4v) is 2.47. The molecule has 1 atom stereocenters. The molecule has 0 fully saturated rings. The molecule has 0 aliphatic carbocycles. The Morgan fingerprint density at radius 1 is 1.05 bits per heavy atom. The Morgan fingerprint density at radius 2 is 1.75 bits per heavy atom. The van der Waals surface area contributed by atoms with Crippen molar-refractivity contribution in [3.05, 3.63) is 23.3 Å². The van der Waals surface area contributed by atoms with E-state index in [1.165, 1.54) is 50.6 Å². The SMILES string of the molecule is CCCCCCCCc1ncc(CC(C)CC)nc1C. The van der Waals surface area contributed by atoms with E-state index < -0.39 is 0 Å². The minimum Gasteiger partial charge on any atom is -0.258 e. The van der Waals surface area contributed by atoms with Crippen molar-refractivity contribution in [2.24, 2.45) is 5.92 Å². The van der Waals surface area contributed by atoms with Crippen LogP contribution in [0.3, 0.4) is 0 Å². The first-order valence-corrected chi connectivity index (χ1v) is 8.48. The minimum atomic E-state index is 0.702. The van der Waals surface area contributed by atoms with E-state index in [0.717, 1.165) is 24.2 Å². The van der Waals surface area contributed by atoms with Crippen molar-refractivity contribution in [3.63, 3.8) is 0 Å². The van der Waals surface area contributed by atoms with Crippen molar-refractivity contribution in [3.8, 4) is 0 Å². The van der Waals surface area contributed by atoms with Crippen LogP contribution in [0.1, 0.15) is 82.8 Å². The number of aromatic nitrogens is 2. The lowest BCUT2D eigenvalue weighted by Gasteiger charge is -2.10. The zero-order chi connectivity index (χ0) is 14.8. The van der Waals surface area contributed by atoms with Gasteiger partial charge in [-0.25, -0.2) is 0 Å². The van der Waals surface area contributed by atoms with Crippen LogP contribution in [0.25, 0.3) is 0 Å². The van der Waals surface area contributed by atoms with Gasteiger partial charge in [0.15, 0.2) is 0 Å². The van der Waals surface area contributed by atoms with Crippen molar-refractivity contribution < 1.29 is 0 Å². The normalized spacial score (nSPS) is 12.6. The maximum absolute atomic E-state index is 4.73. The molecular formula is C18H32N2. The molecule has 20 heavy (non-hydrogen) atoms. The minimum absolute atomic E-state index is 0.702. The summed E-state index contributed by atoms with van der Waals surface area (Å²) in [6, 6.07) is 0. The number of nitrogens with zero attached hydrogens (tertiary/aromatic N) is 2. The number of hydrogen-bond acceptors (Lipinski definition) is 2. The third-order valence-electron chi connectivity index (χ3n) is 4.12. The van der Waals surface area contributed by atoms with Crippen molar-refractivity contribution in [1.29, 1.82) is 0 Å². The molecule has 0 aliphatic heterocycles. The Kier molecular flexibility index (Phi) is 8.48. The zero-order valence-electron chi connectivity index (χ0n) is 13.9. The standard InChI is InChI=1S/C18H32N2/c1-5-7-8-9-10-11-12-18-16(4)20-17(14-19-18)13-15(3)6-2/h14-15H,5-13H2,1-4H3. The molecule has 0 amide bonds. The Labute approximate surface area is 125 Å². The molecule has 0 N–H and O–H groups in total. The molecule has 1 aromatic rings. The lowest BCUT2D eigenvalue weighted by atomic mass is 10.0. The van der Waals surface area contributed by atoms with Gasteiger partial charge in [0.05, 0.1) is 17.1 Å². The average Bonchev–Trinajstić information content (AvgIpc) is 2.44. The lowest BCUT2D eigenvalue weighted by Crippen LogP contribution is -2.05. The van der Waals surface area contributed by atoms with Crippen molar-refractivity contribution in [1.82, 2.24) is 9.97 Å². The first-order valence-electron chi connectivity index (χ1n) is 8.48. The zero-order valence-corrected chi connectivity index (χ0v) is 13.9. The van der Waals surface area contributed by atoms with Crippen molar-refractivity contribution >= 4 is 0 Å². The van der Waals surface area contributed by atoms with Crippen LogP contribution in [0.4, 0.5) is 0 Å². The highest BCUT2D eigenvalue weighted by molar-refractivity contribution is 5.13. The number of aryl methyl sites for hydroxylation is 2. The molecule has 1 aromatic heterocycles. The molecule has 0 saturated carbocycles. The number of hydrogen-bond donors (Lipinski definition) is 0. The van der Waals surface area contributed by atoms with Gasteiger partial charge in [-0.1, -0.05) is 59.3 Å². The van der Waals surface area contributed by atoms with Gasteiger partial charge in [0.2, 0.25) is 0 Å². The highest BCUT2D eigenvalue weighted by Gasteiger charge is 2.06. The second-order valence-corrected chi connectivity index (χ2v) is 6.13. The maximum atomic E-state index is 4.73. The Bertz CT molecular complexity index is 374. The van der Waals surface area contributed by atoms with Gasteiger partial charge in [-0.15, -0.1) is 0 Å². The summed E-state index contributed by atoms with van der Waals surface area (Å²) in [5, 5.41) is 0. The lowest BCUT2D eigenvalue weighted by molar-refractivity contribution is 0.549. The smallest absolute Gasteiger partial charge is 0.0616 e. The predicted molar refractivity (Wildman–Crippen MR) is 87.0 cm³/mol. The third kappa shape index (κ3) is 6.49. The topological polar surface area (TPSA) is 25.8 Å². The number of rotatable bonds is 10. The molecule has 114 valence electrons. The van der Waals surface area contributed by atoms with Gasteiger partial charge in [-0.3, -0.25) is 9.97 Å². The van der Waals surface area contributed by atoms with Crippen LogP contribution in [0.5, 0.6) is 0 Å². The van der Waals surface area contributed by atoms with Crippen LogP contribution in [0, 0.1) is 12.8 Å². The van der Waals surface area contributed by atoms with Crippen LogP contribution in [0.15, 0.2) is 6.20 Å². The summed E-state index contributed by atoms with van der Waals surface area (Å²) in [7, 11) is 0. The fraction of sp³-hybridized carbons (Fsp3) is 0.778. The predicted octanol–water partition coefficient (Wildman–Crippen LogP) is 5.28. The molecule has 0 aliphatic rings.